The highest BCUT2D eigenvalue weighted by Gasteiger charge is 2.13. The van der Waals surface area contributed by atoms with Crippen LogP contribution < -0.4 is 10.1 Å². The molecule has 4 rings (SSSR count). The second-order valence-electron chi connectivity index (χ2n) is 7.61. The molecule has 1 N–H and O–H groups in total. The Bertz CT molecular complexity index is 1180. The first-order chi connectivity index (χ1) is 15.0. The van der Waals surface area contributed by atoms with Crippen LogP contribution in [0.5, 0.6) is 5.75 Å². The fraction of sp³-hybridized carbons (Fsp3) is 0.304. The van der Waals surface area contributed by atoms with Crippen molar-refractivity contribution in [3.63, 3.8) is 0 Å². The molecule has 0 bridgehead atoms. The molecule has 0 aliphatic carbocycles. The minimum atomic E-state index is -0.214. The van der Waals surface area contributed by atoms with Crippen molar-refractivity contribution in [3.05, 3.63) is 59.9 Å². The van der Waals surface area contributed by atoms with Crippen LogP contribution in [0.1, 0.15) is 44.5 Å². The van der Waals surface area contributed by atoms with Crippen LogP contribution in [0, 0.1) is 0 Å². The van der Waals surface area contributed by atoms with Crippen LogP contribution in [0.25, 0.3) is 15.5 Å². The lowest BCUT2D eigenvalue weighted by atomic mass is 10.0. The van der Waals surface area contributed by atoms with E-state index < -0.39 is 0 Å². The maximum Gasteiger partial charge on any atom is 0.262 e. The van der Waals surface area contributed by atoms with Crippen LogP contribution in [0.15, 0.2) is 48.5 Å². The molecule has 0 atom stereocenters. The number of carbonyl (C=O) groups is 1. The number of hydrogen-bond donors (Lipinski definition) is 1. The van der Waals surface area contributed by atoms with Gasteiger partial charge in [0, 0.05) is 17.7 Å². The zero-order valence-electron chi connectivity index (χ0n) is 17.8. The van der Waals surface area contributed by atoms with Crippen LogP contribution in [0.3, 0.4) is 0 Å². The van der Waals surface area contributed by atoms with E-state index in [1.165, 1.54) is 16.9 Å². The molecule has 2 heterocycles. The summed E-state index contributed by atoms with van der Waals surface area (Å²) < 4.78 is 7.41. The zero-order valence-corrected chi connectivity index (χ0v) is 18.6. The minimum Gasteiger partial charge on any atom is -0.484 e. The van der Waals surface area contributed by atoms with Crippen molar-refractivity contribution < 1.29 is 9.53 Å². The first kappa shape index (κ1) is 21.0. The maximum absolute atomic E-state index is 12.4. The van der Waals surface area contributed by atoms with E-state index in [9.17, 15) is 4.79 Å². The quantitative estimate of drug-likeness (QED) is 0.424. The van der Waals surface area contributed by atoms with E-state index in [0.29, 0.717) is 17.4 Å². The first-order valence-corrected chi connectivity index (χ1v) is 11.2. The SMILES string of the molecule is CCCc1nnc2sc(-c3cccc(NC(=O)COc4ccc(C(C)C)cc4)c3)nn12. The molecule has 0 saturated carbocycles. The molecule has 31 heavy (non-hydrogen) atoms. The number of benzene rings is 2. The van der Waals surface area contributed by atoms with Gasteiger partial charge in [0.25, 0.3) is 5.91 Å². The molecule has 0 aliphatic heterocycles. The Morgan fingerprint density at radius 3 is 2.71 bits per heavy atom. The number of carbonyl (C=O) groups excluding carboxylic acids is 1. The summed E-state index contributed by atoms with van der Waals surface area (Å²) in [5.74, 6) is 1.79. The average molecular weight is 436 g/mol. The third-order valence-corrected chi connectivity index (χ3v) is 5.79. The molecule has 0 radical (unpaired) electrons. The smallest absolute Gasteiger partial charge is 0.262 e. The lowest BCUT2D eigenvalue weighted by molar-refractivity contribution is -0.118. The minimum absolute atomic E-state index is 0.0532. The summed E-state index contributed by atoms with van der Waals surface area (Å²) in [5, 5.41) is 16.8. The van der Waals surface area contributed by atoms with E-state index in [0.717, 1.165) is 34.2 Å². The summed E-state index contributed by atoms with van der Waals surface area (Å²) in [6.07, 6.45) is 1.82. The van der Waals surface area contributed by atoms with Gasteiger partial charge in [0.15, 0.2) is 12.4 Å². The lowest BCUT2D eigenvalue weighted by Crippen LogP contribution is -2.20. The van der Waals surface area contributed by atoms with Gasteiger partial charge in [-0.25, -0.2) is 0 Å². The summed E-state index contributed by atoms with van der Waals surface area (Å²) in [5.41, 5.74) is 2.85. The third kappa shape index (κ3) is 4.91. The summed E-state index contributed by atoms with van der Waals surface area (Å²) >= 11 is 1.48. The Hall–Kier alpha value is -3.26. The van der Waals surface area contributed by atoms with Gasteiger partial charge < -0.3 is 10.1 Å². The number of nitrogens with zero attached hydrogens (tertiary/aromatic N) is 4. The van der Waals surface area contributed by atoms with E-state index in [1.807, 2.05) is 48.5 Å². The highest BCUT2D eigenvalue weighted by atomic mass is 32.1. The van der Waals surface area contributed by atoms with Gasteiger partial charge in [0.05, 0.1) is 0 Å². The van der Waals surface area contributed by atoms with Crippen molar-refractivity contribution >= 4 is 27.9 Å². The molecule has 2 aromatic heterocycles. The van der Waals surface area contributed by atoms with Gasteiger partial charge in [-0.3, -0.25) is 4.79 Å². The zero-order chi connectivity index (χ0) is 21.8. The standard InChI is InChI=1S/C23H25N5O2S/c1-4-6-20-25-26-23-28(20)27-22(31-23)17-7-5-8-18(13-17)24-21(29)14-30-19-11-9-16(10-12-19)15(2)3/h5,7-13,15H,4,6,14H2,1-3H3,(H,24,29). The van der Waals surface area contributed by atoms with Gasteiger partial charge in [-0.05, 0) is 42.2 Å². The van der Waals surface area contributed by atoms with Gasteiger partial charge in [-0.2, -0.15) is 9.61 Å². The topological polar surface area (TPSA) is 81.4 Å². The number of anilines is 1. The fourth-order valence-corrected chi connectivity index (χ4v) is 4.03. The van der Waals surface area contributed by atoms with Crippen LogP contribution in [-0.4, -0.2) is 32.3 Å². The lowest BCUT2D eigenvalue weighted by Gasteiger charge is -2.10. The Kier molecular flexibility index (Phi) is 6.27. The fourth-order valence-electron chi connectivity index (χ4n) is 3.18. The summed E-state index contributed by atoms with van der Waals surface area (Å²) in [7, 11) is 0. The van der Waals surface area contributed by atoms with E-state index >= 15 is 0 Å². The number of aromatic nitrogens is 4. The Morgan fingerprint density at radius 1 is 1.16 bits per heavy atom. The van der Waals surface area contributed by atoms with E-state index in [4.69, 9.17) is 4.74 Å². The van der Waals surface area contributed by atoms with Gasteiger partial charge in [0.1, 0.15) is 10.8 Å². The van der Waals surface area contributed by atoms with Crippen LogP contribution >= 0.6 is 11.3 Å². The van der Waals surface area contributed by atoms with Crippen molar-refractivity contribution in [1.82, 2.24) is 19.8 Å². The molecule has 0 unspecified atom stereocenters. The van der Waals surface area contributed by atoms with E-state index in [1.54, 1.807) is 4.52 Å². The molecule has 0 saturated heterocycles. The normalized spacial score (nSPS) is 11.2. The van der Waals surface area contributed by atoms with Crippen molar-refractivity contribution in [2.45, 2.75) is 39.5 Å². The number of amides is 1. The molecule has 0 fully saturated rings. The summed E-state index contributed by atoms with van der Waals surface area (Å²) in [6, 6.07) is 15.4. The highest BCUT2D eigenvalue weighted by Crippen LogP contribution is 2.27. The summed E-state index contributed by atoms with van der Waals surface area (Å²) in [6.45, 7) is 6.33. The van der Waals surface area contributed by atoms with Gasteiger partial charge in [-0.1, -0.05) is 56.4 Å². The van der Waals surface area contributed by atoms with Crippen molar-refractivity contribution in [1.29, 1.82) is 0 Å². The maximum atomic E-state index is 12.4. The number of nitrogens with one attached hydrogen (secondary N) is 1. The molecular formula is C23H25N5O2S. The molecule has 0 aliphatic rings. The molecule has 0 spiro atoms. The largest absolute Gasteiger partial charge is 0.484 e. The van der Waals surface area contributed by atoms with E-state index in [-0.39, 0.29) is 12.5 Å². The number of aryl methyl sites for hydroxylation is 1. The van der Waals surface area contributed by atoms with Crippen molar-refractivity contribution in [3.8, 4) is 16.3 Å². The molecular weight excluding hydrogens is 410 g/mol. The van der Waals surface area contributed by atoms with Crippen LogP contribution in [-0.2, 0) is 11.2 Å². The first-order valence-electron chi connectivity index (χ1n) is 10.4. The molecule has 160 valence electrons. The molecule has 4 aromatic rings. The number of fused-ring (bicyclic) bond motifs is 1. The second kappa shape index (κ2) is 9.26. The predicted molar refractivity (Wildman–Crippen MR) is 123 cm³/mol. The predicted octanol–water partition coefficient (Wildman–Crippen LogP) is 4.95. The van der Waals surface area contributed by atoms with Gasteiger partial charge in [0.2, 0.25) is 4.96 Å². The molecule has 2 aromatic carbocycles. The number of ether oxygens (including phenoxy) is 1. The van der Waals surface area contributed by atoms with Gasteiger partial charge in [-0.15, -0.1) is 10.2 Å². The molecule has 7 nitrogen and oxygen atoms in total. The number of rotatable bonds is 8. The Labute approximate surface area is 185 Å². The van der Waals surface area contributed by atoms with Crippen LogP contribution in [0.4, 0.5) is 5.69 Å². The molecule has 8 heteroatoms. The number of hydrogen-bond acceptors (Lipinski definition) is 6. The Morgan fingerprint density at radius 2 is 1.97 bits per heavy atom. The average Bonchev–Trinajstić information content (AvgIpc) is 3.35. The molecule has 1 amide bonds. The van der Waals surface area contributed by atoms with Gasteiger partial charge >= 0.3 is 0 Å². The van der Waals surface area contributed by atoms with Crippen LogP contribution in [0.2, 0.25) is 0 Å². The Balaban J connectivity index is 1.40. The van der Waals surface area contributed by atoms with Crippen molar-refractivity contribution in [2.24, 2.45) is 0 Å². The van der Waals surface area contributed by atoms with Crippen molar-refractivity contribution in [2.75, 3.05) is 11.9 Å². The monoisotopic (exact) mass is 435 g/mol. The second-order valence-corrected chi connectivity index (χ2v) is 8.57. The van der Waals surface area contributed by atoms with E-state index in [2.05, 4.69) is 41.4 Å². The summed E-state index contributed by atoms with van der Waals surface area (Å²) in [4.78, 5) is 13.1. The third-order valence-electron chi connectivity index (χ3n) is 4.84. The highest BCUT2D eigenvalue weighted by molar-refractivity contribution is 7.19.